The Morgan fingerprint density at radius 2 is 1.59 bits per heavy atom. The van der Waals surface area contributed by atoms with Crippen molar-refractivity contribution in [2.75, 3.05) is 6.54 Å². The number of benzene rings is 1. The summed E-state index contributed by atoms with van der Waals surface area (Å²) in [6, 6.07) is 3.57. The first-order valence-electron chi connectivity index (χ1n) is 10.8. The summed E-state index contributed by atoms with van der Waals surface area (Å²) >= 11 is 18.0. The Morgan fingerprint density at radius 3 is 2.10 bits per heavy atom. The summed E-state index contributed by atoms with van der Waals surface area (Å²) in [6.07, 6.45) is -7.44. The molecule has 2 heterocycles. The summed E-state index contributed by atoms with van der Waals surface area (Å²) in [5, 5.41) is 11.4. The van der Waals surface area contributed by atoms with Gasteiger partial charge >= 0.3 is 18.0 Å². The Morgan fingerprint density at radius 1 is 1.00 bits per heavy atom. The highest BCUT2D eigenvalue weighted by atomic mass is 35.5. The fourth-order valence-corrected chi connectivity index (χ4v) is 4.65. The van der Waals surface area contributed by atoms with Gasteiger partial charge in [0, 0.05) is 35.1 Å². The van der Waals surface area contributed by atoms with Gasteiger partial charge in [-0.15, -0.1) is 0 Å². The third-order valence-electron chi connectivity index (χ3n) is 5.90. The van der Waals surface area contributed by atoms with Crippen LogP contribution in [-0.4, -0.2) is 50.5 Å². The topological polar surface area (TPSA) is 74.8 Å². The van der Waals surface area contributed by atoms with Crippen molar-refractivity contribution in [1.82, 2.24) is 19.7 Å². The lowest BCUT2D eigenvalue weighted by Crippen LogP contribution is -2.50. The number of amides is 1. The van der Waals surface area contributed by atoms with Gasteiger partial charge in [-0.25, -0.2) is 14.1 Å². The Kier molecular flexibility index (Phi) is 7.52. The van der Waals surface area contributed by atoms with E-state index in [1.807, 2.05) is 6.07 Å². The van der Waals surface area contributed by atoms with E-state index in [4.69, 9.17) is 40.1 Å². The first kappa shape index (κ1) is 28.9. The smallest absolute Gasteiger partial charge is 0.322 e. The number of hydrogen-bond donors (Lipinski definition) is 0. The predicted molar refractivity (Wildman–Crippen MR) is 126 cm³/mol. The Balaban J connectivity index is 1.71. The van der Waals surface area contributed by atoms with E-state index in [-0.39, 0.29) is 46.7 Å². The summed E-state index contributed by atoms with van der Waals surface area (Å²) in [7, 11) is 0. The molecule has 1 fully saturated rings. The van der Waals surface area contributed by atoms with Crippen molar-refractivity contribution in [2.45, 2.75) is 36.9 Å². The molecule has 0 aliphatic heterocycles. The molecule has 1 aliphatic rings. The fourth-order valence-electron chi connectivity index (χ4n) is 3.81. The van der Waals surface area contributed by atoms with Gasteiger partial charge in [0.05, 0.1) is 27.9 Å². The molecule has 1 amide bonds. The molecule has 0 saturated heterocycles. The van der Waals surface area contributed by atoms with Gasteiger partial charge in [0.2, 0.25) is 0 Å². The minimum Gasteiger partial charge on any atom is -0.322 e. The molecule has 0 bridgehead atoms. The Bertz CT molecular complexity index is 1440. The average Bonchev–Trinajstić information content (AvgIpc) is 3.56. The molecule has 1 aliphatic carbocycles. The molecular weight excluding hydrogens is 602 g/mol. The van der Waals surface area contributed by atoms with Gasteiger partial charge in [-0.3, -0.25) is 4.79 Å². The molecule has 2 aromatic heterocycles. The lowest BCUT2D eigenvalue weighted by atomic mass is 9.94. The number of pyridine rings is 1. The number of halogens is 10. The van der Waals surface area contributed by atoms with Gasteiger partial charge in [-0.1, -0.05) is 34.8 Å². The maximum absolute atomic E-state index is 14.5. The van der Waals surface area contributed by atoms with E-state index in [0.717, 1.165) is 17.5 Å². The van der Waals surface area contributed by atoms with E-state index >= 15 is 0 Å². The van der Waals surface area contributed by atoms with E-state index < -0.39 is 39.5 Å². The highest BCUT2D eigenvalue weighted by molar-refractivity contribution is 6.38. The Hall–Kier alpha value is -3.08. The van der Waals surface area contributed by atoms with Crippen molar-refractivity contribution < 1.29 is 35.5 Å². The van der Waals surface area contributed by atoms with Crippen LogP contribution in [-0.2, 0) is 5.67 Å². The molecular formula is C23H13Cl3F7N5O. The number of nitriles is 1. The van der Waals surface area contributed by atoms with Gasteiger partial charge in [0.15, 0.2) is 0 Å². The third-order valence-corrected chi connectivity index (χ3v) is 6.78. The monoisotopic (exact) mass is 613 g/mol. The highest BCUT2D eigenvalue weighted by Crippen LogP contribution is 2.54. The van der Waals surface area contributed by atoms with Crippen LogP contribution in [0.15, 0.2) is 36.8 Å². The van der Waals surface area contributed by atoms with Gasteiger partial charge in [-0.2, -0.15) is 36.7 Å². The Labute approximate surface area is 230 Å². The zero-order chi connectivity index (χ0) is 28.9. The molecule has 0 spiro atoms. The lowest BCUT2D eigenvalue weighted by Gasteiger charge is -2.30. The van der Waals surface area contributed by atoms with Crippen LogP contribution in [0.2, 0.25) is 15.2 Å². The highest BCUT2D eigenvalue weighted by Gasteiger charge is 2.73. The van der Waals surface area contributed by atoms with Gasteiger partial charge in [0.25, 0.3) is 5.91 Å². The average molecular weight is 615 g/mol. The van der Waals surface area contributed by atoms with Crippen molar-refractivity contribution in [3.05, 3.63) is 63.1 Å². The van der Waals surface area contributed by atoms with Gasteiger partial charge in [0.1, 0.15) is 17.4 Å². The quantitative estimate of drug-likeness (QED) is 0.166. The standard InChI is InChI=1S/C23H13Cl3F7N5O/c24-16-6-13(21(27,22(28,29)30)23(31,32)33)7-17(25)18(16)38-10-12(9-36-38)11-5-15(19(26)35-8-11)20(39)37(4-3-34)14-1-2-14/h5-10,14H,1-2,4H2. The molecule has 1 saturated carbocycles. The van der Waals surface area contributed by atoms with Crippen LogP contribution in [0, 0.1) is 11.3 Å². The zero-order valence-corrected chi connectivity index (χ0v) is 21.4. The number of aromatic nitrogens is 3. The van der Waals surface area contributed by atoms with Crippen LogP contribution in [0.5, 0.6) is 0 Å². The summed E-state index contributed by atoms with van der Waals surface area (Å²) in [6.45, 7) is -0.155. The summed E-state index contributed by atoms with van der Waals surface area (Å²) in [5.74, 6) is -0.517. The van der Waals surface area contributed by atoms with E-state index in [2.05, 4.69) is 10.1 Å². The van der Waals surface area contributed by atoms with Crippen LogP contribution in [0.3, 0.4) is 0 Å². The molecule has 39 heavy (non-hydrogen) atoms. The second kappa shape index (κ2) is 10.1. The second-order valence-electron chi connectivity index (χ2n) is 8.50. The summed E-state index contributed by atoms with van der Waals surface area (Å²) in [4.78, 5) is 18.4. The minimum atomic E-state index is -6.35. The number of carbonyl (C=O) groups excluding carboxylic acids is 1. The second-order valence-corrected chi connectivity index (χ2v) is 9.67. The normalized spacial score (nSPS) is 14.3. The minimum absolute atomic E-state index is 0.00284. The van der Waals surface area contributed by atoms with Crippen molar-refractivity contribution in [1.29, 1.82) is 5.26 Å². The van der Waals surface area contributed by atoms with Crippen molar-refractivity contribution >= 4 is 40.7 Å². The van der Waals surface area contributed by atoms with Gasteiger partial charge < -0.3 is 4.90 Å². The van der Waals surface area contributed by atoms with Crippen molar-refractivity contribution in [2.24, 2.45) is 0 Å². The van der Waals surface area contributed by atoms with Crippen LogP contribution in [0.1, 0.15) is 28.8 Å². The SMILES string of the molecule is N#CCN(C(=O)c1cc(-c2cnn(-c3c(Cl)cc(C(F)(C(F)(F)F)C(F)(F)F)cc3Cl)c2)cnc1Cl)C1CC1. The van der Waals surface area contributed by atoms with Crippen LogP contribution in [0.25, 0.3) is 16.8 Å². The molecule has 0 N–H and O–H groups in total. The molecule has 16 heteroatoms. The number of nitrogens with zero attached hydrogens (tertiary/aromatic N) is 5. The van der Waals surface area contributed by atoms with E-state index in [1.54, 1.807) is 0 Å². The molecule has 206 valence electrons. The van der Waals surface area contributed by atoms with Gasteiger partial charge in [-0.05, 0) is 31.0 Å². The van der Waals surface area contributed by atoms with Crippen LogP contribution < -0.4 is 0 Å². The van der Waals surface area contributed by atoms with Crippen LogP contribution in [0.4, 0.5) is 30.7 Å². The molecule has 1 aromatic carbocycles. The fraction of sp³-hybridized carbons (Fsp3) is 0.304. The zero-order valence-electron chi connectivity index (χ0n) is 19.1. The predicted octanol–water partition coefficient (Wildman–Crippen LogP) is 7.31. The van der Waals surface area contributed by atoms with E-state index in [0.29, 0.717) is 5.56 Å². The molecule has 6 nitrogen and oxygen atoms in total. The number of alkyl halides is 7. The summed E-state index contributed by atoms with van der Waals surface area (Å²) in [5.41, 5.74) is -7.30. The molecule has 3 aromatic rings. The maximum Gasteiger partial charge on any atom is 0.435 e. The van der Waals surface area contributed by atoms with Crippen molar-refractivity contribution in [3.63, 3.8) is 0 Å². The van der Waals surface area contributed by atoms with E-state index in [9.17, 15) is 35.5 Å². The molecule has 4 rings (SSSR count). The van der Waals surface area contributed by atoms with E-state index in [1.165, 1.54) is 29.6 Å². The number of carbonyl (C=O) groups is 1. The number of rotatable bonds is 6. The maximum atomic E-state index is 14.5. The molecule has 0 radical (unpaired) electrons. The lowest BCUT2D eigenvalue weighted by molar-refractivity contribution is -0.348. The third kappa shape index (κ3) is 5.25. The van der Waals surface area contributed by atoms with Crippen LogP contribution >= 0.6 is 34.8 Å². The first-order chi connectivity index (χ1) is 18.1. The molecule has 0 unspecified atom stereocenters. The summed E-state index contributed by atoms with van der Waals surface area (Å²) < 4.78 is 94.4. The number of hydrogen-bond acceptors (Lipinski definition) is 4. The first-order valence-corrected chi connectivity index (χ1v) is 11.9. The van der Waals surface area contributed by atoms with Crippen molar-refractivity contribution in [3.8, 4) is 22.9 Å². The largest absolute Gasteiger partial charge is 0.435 e. The molecule has 0 atom stereocenters.